The van der Waals surface area contributed by atoms with E-state index >= 15 is 0 Å². The van der Waals surface area contributed by atoms with E-state index in [2.05, 4.69) is 0 Å². The van der Waals surface area contributed by atoms with Gasteiger partial charge in [-0.25, -0.2) is 4.39 Å². The quantitative estimate of drug-likeness (QED) is 0.848. The molecule has 0 aliphatic carbocycles. The van der Waals surface area contributed by atoms with Gasteiger partial charge in [-0.2, -0.15) is 0 Å². The van der Waals surface area contributed by atoms with Crippen molar-refractivity contribution < 1.29 is 13.6 Å². The van der Waals surface area contributed by atoms with Crippen LogP contribution in [-0.4, -0.2) is 5.78 Å². The number of ketones is 1. The van der Waals surface area contributed by atoms with Crippen molar-refractivity contribution >= 4 is 5.78 Å². The first-order valence-electron chi connectivity index (χ1n) is 5.63. The molecule has 2 N–H and O–H groups in total. The topological polar surface area (TPSA) is 56.2 Å². The largest absolute Gasteiger partial charge is 0.456 e. The van der Waals surface area contributed by atoms with Gasteiger partial charge in [-0.05, 0) is 43.2 Å². The Morgan fingerprint density at radius 1 is 1.33 bits per heavy atom. The number of hydrogen-bond donors (Lipinski definition) is 1. The number of furan rings is 1. The minimum absolute atomic E-state index is 0.0542. The van der Waals surface area contributed by atoms with E-state index in [0.717, 1.165) is 5.56 Å². The van der Waals surface area contributed by atoms with E-state index in [4.69, 9.17) is 10.2 Å². The molecule has 2 aromatic rings. The van der Waals surface area contributed by atoms with Crippen LogP contribution in [0, 0.1) is 19.7 Å². The molecule has 0 spiro atoms. The van der Waals surface area contributed by atoms with E-state index in [9.17, 15) is 9.18 Å². The first kappa shape index (κ1) is 12.5. The van der Waals surface area contributed by atoms with Crippen LogP contribution in [0.4, 0.5) is 4.39 Å². The van der Waals surface area contributed by atoms with Gasteiger partial charge in [0, 0.05) is 0 Å². The number of aryl methyl sites for hydroxylation is 2. The van der Waals surface area contributed by atoms with Crippen molar-refractivity contribution in [1.29, 1.82) is 0 Å². The van der Waals surface area contributed by atoms with Crippen molar-refractivity contribution in [1.82, 2.24) is 0 Å². The number of rotatable bonds is 3. The Morgan fingerprint density at radius 2 is 2.06 bits per heavy atom. The molecule has 0 fully saturated rings. The van der Waals surface area contributed by atoms with Crippen LogP contribution in [0.25, 0.3) is 0 Å². The second-order valence-corrected chi connectivity index (χ2v) is 4.24. The molecule has 0 unspecified atom stereocenters. The lowest BCUT2D eigenvalue weighted by molar-refractivity contribution is 0.100. The third-order valence-electron chi connectivity index (χ3n) is 2.75. The summed E-state index contributed by atoms with van der Waals surface area (Å²) in [6.07, 6.45) is 0. The molecule has 0 aliphatic heterocycles. The van der Waals surface area contributed by atoms with Gasteiger partial charge >= 0.3 is 0 Å². The second kappa shape index (κ2) is 4.74. The van der Waals surface area contributed by atoms with Gasteiger partial charge in [0.1, 0.15) is 11.6 Å². The predicted octanol–water partition coefficient (Wildman–Crippen LogP) is 2.73. The van der Waals surface area contributed by atoms with Crippen LogP contribution in [0.3, 0.4) is 0 Å². The third-order valence-corrected chi connectivity index (χ3v) is 2.75. The average molecular weight is 247 g/mol. The summed E-state index contributed by atoms with van der Waals surface area (Å²) in [5.41, 5.74) is 6.84. The third kappa shape index (κ3) is 2.19. The molecule has 0 radical (unpaired) electrons. The van der Waals surface area contributed by atoms with Crippen molar-refractivity contribution in [2.75, 3.05) is 0 Å². The summed E-state index contributed by atoms with van der Waals surface area (Å²) in [7, 11) is 0. The first-order chi connectivity index (χ1) is 8.52. The molecular formula is C14H14FNO2. The molecule has 0 saturated heterocycles. The lowest BCUT2D eigenvalue weighted by atomic mass is 10.0. The van der Waals surface area contributed by atoms with Gasteiger partial charge in [-0.1, -0.05) is 6.07 Å². The molecule has 0 amide bonds. The van der Waals surface area contributed by atoms with E-state index in [0.29, 0.717) is 11.3 Å². The Bertz CT molecular complexity index is 579. The van der Waals surface area contributed by atoms with Gasteiger partial charge in [0.25, 0.3) is 0 Å². The molecule has 1 heterocycles. The number of hydrogen-bond acceptors (Lipinski definition) is 3. The zero-order valence-corrected chi connectivity index (χ0v) is 10.3. The fraction of sp³-hybridized carbons (Fsp3) is 0.214. The van der Waals surface area contributed by atoms with Gasteiger partial charge in [0.15, 0.2) is 5.76 Å². The molecule has 18 heavy (non-hydrogen) atoms. The molecule has 4 heteroatoms. The molecule has 0 bridgehead atoms. The maximum Gasteiger partial charge on any atom is 0.231 e. The van der Waals surface area contributed by atoms with Crippen molar-refractivity contribution in [3.05, 3.63) is 58.3 Å². The van der Waals surface area contributed by atoms with Gasteiger partial charge < -0.3 is 10.2 Å². The molecule has 94 valence electrons. The highest BCUT2D eigenvalue weighted by Gasteiger charge is 2.20. The van der Waals surface area contributed by atoms with E-state index in [1.54, 1.807) is 26.0 Å². The zero-order chi connectivity index (χ0) is 13.3. The summed E-state index contributed by atoms with van der Waals surface area (Å²) < 4.78 is 19.1. The molecule has 0 aliphatic rings. The van der Waals surface area contributed by atoms with Crippen LogP contribution in [-0.2, 0) is 6.54 Å². The number of benzene rings is 1. The van der Waals surface area contributed by atoms with Crippen LogP contribution >= 0.6 is 0 Å². The SMILES string of the molecule is Cc1cc(C)c(C(=O)c2ccc(CN)o2)c(F)c1. The van der Waals surface area contributed by atoms with Crippen LogP contribution in [0.1, 0.15) is 33.0 Å². The second-order valence-electron chi connectivity index (χ2n) is 4.24. The zero-order valence-electron chi connectivity index (χ0n) is 10.3. The predicted molar refractivity (Wildman–Crippen MR) is 65.9 cm³/mol. The Balaban J connectivity index is 2.46. The number of halogens is 1. The fourth-order valence-electron chi connectivity index (χ4n) is 1.94. The van der Waals surface area contributed by atoms with Gasteiger partial charge in [-0.15, -0.1) is 0 Å². The van der Waals surface area contributed by atoms with E-state index in [-0.39, 0.29) is 17.9 Å². The van der Waals surface area contributed by atoms with E-state index < -0.39 is 11.6 Å². The van der Waals surface area contributed by atoms with Crippen LogP contribution in [0.15, 0.2) is 28.7 Å². The summed E-state index contributed by atoms with van der Waals surface area (Å²) in [5, 5.41) is 0. The van der Waals surface area contributed by atoms with Crippen LogP contribution < -0.4 is 5.73 Å². The van der Waals surface area contributed by atoms with Crippen LogP contribution in [0.2, 0.25) is 0 Å². The minimum atomic E-state index is -0.525. The Morgan fingerprint density at radius 3 is 2.61 bits per heavy atom. The Hall–Kier alpha value is -1.94. The smallest absolute Gasteiger partial charge is 0.231 e. The summed E-state index contributed by atoms with van der Waals surface area (Å²) in [4.78, 5) is 12.2. The van der Waals surface area contributed by atoms with Crippen molar-refractivity contribution in [2.24, 2.45) is 5.73 Å². The van der Waals surface area contributed by atoms with Crippen molar-refractivity contribution in [3.63, 3.8) is 0 Å². The Labute approximate surface area is 104 Å². The van der Waals surface area contributed by atoms with Gasteiger partial charge in [0.2, 0.25) is 5.78 Å². The maximum absolute atomic E-state index is 13.8. The Kier molecular flexibility index (Phi) is 3.30. The summed E-state index contributed by atoms with van der Waals surface area (Å²) in [6, 6.07) is 6.24. The number of carbonyl (C=O) groups excluding carboxylic acids is 1. The normalized spacial score (nSPS) is 10.7. The monoisotopic (exact) mass is 247 g/mol. The maximum atomic E-state index is 13.8. The highest BCUT2D eigenvalue weighted by Crippen LogP contribution is 2.20. The highest BCUT2D eigenvalue weighted by atomic mass is 19.1. The lowest BCUT2D eigenvalue weighted by Gasteiger charge is -2.06. The molecule has 2 rings (SSSR count). The highest BCUT2D eigenvalue weighted by molar-refractivity contribution is 6.08. The molecular weight excluding hydrogens is 233 g/mol. The fourth-order valence-corrected chi connectivity index (χ4v) is 1.94. The molecule has 1 aromatic heterocycles. The first-order valence-corrected chi connectivity index (χ1v) is 5.63. The molecule has 0 atom stereocenters. The van der Waals surface area contributed by atoms with Gasteiger partial charge in [0.05, 0.1) is 12.1 Å². The van der Waals surface area contributed by atoms with E-state index in [1.165, 1.54) is 12.1 Å². The summed E-state index contributed by atoms with van der Waals surface area (Å²) >= 11 is 0. The summed E-state index contributed by atoms with van der Waals surface area (Å²) in [5.74, 6) is -0.363. The van der Waals surface area contributed by atoms with Crippen molar-refractivity contribution in [2.45, 2.75) is 20.4 Å². The summed E-state index contributed by atoms with van der Waals surface area (Å²) in [6.45, 7) is 3.70. The molecule has 3 nitrogen and oxygen atoms in total. The lowest BCUT2D eigenvalue weighted by Crippen LogP contribution is -2.06. The standard InChI is InChI=1S/C14H14FNO2/c1-8-5-9(2)13(11(15)6-8)14(17)12-4-3-10(7-16)18-12/h3-6H,7,16H2,1-2H3. The minimum Gasteiger partial charge on any atom is -0.456 e. The molecule has 0 saturated carbocycles. The average Bonchev–Trinajstić information content (AvgIpc) is 2.75. The van der Waals surface area contributed by atoms with Crippen LogP contribution in [0.5, 0.6) is 0 Å². The number of carbonyl (C=O) groups is 1. The van der Waals surface area contributed by atoms with E-state index in [1.807, 2.05) is 0 Å². The molecule has 1 aromatic carbocycles. The van der Waals surface area contributed by atoms with Gasteiger partial charge in [-0.3, -0.25) is 4.79 Å². The number of nitrogens with two attached hydrogens (primary N) is 1. The van der Waals surface area contributed by atoms with Crippen molar-refractivity contribution in [3.8, 4) is 0 Å².